The Morgan fingerprint density at radius 3 is 2.36 bits per heavy atom. The highest BCUT2D eigenvalue weighted by Gasteiger charge is 1.73. The molecule has 0 aliphatic heterocycles. The van der Waals surface area contributed by atoms with Crippen LogP contribution < -0.4 is 5.73 Å². The number of hydrogen-bond donors (Lipinski definition) is 3. The van der Waals surface area contributed by atoms with Crippen molar-refractivity contribution in [2.45, 2.75) is 0 Å². The summed E-state index contributed by atoms with van der Waals surface area (Å²) in [4.78, 5) is 3.76. The lowest BCUT2D eigenvalue weighted by atomic mass is 10.5. The van der Waals surface area contributed by atoms with E-state index in [0.29, 0.717) is 12.2 Å². The largest absolute Gasteiger partial charge is 0.384 e. The Kier molecular flexibility index (Phi) is 5.32. The number of nitrogens with one attached hydrogen (secondary N) is 2. The molecule has 0 aliphatic carbocycles. The Bertz CT molecular complexity index is 201. The van der Waals surface area contributed by atoms with E-state index >= 15 is 0 Å². The van der Waals surface area contributed by atoms with E-state index in [9.17, 15) is 0 Å². The van der Waals surface area contributed by atoms with Crippen LogP contribution in [0.3, 0.4) is 0 Å². The maximum atomic E-state index is 5.97. The van der Waals surface area contributed by atoms with Crippen LogP contribution in [0, 0.1) is 10.9 Å². The van der Waals surface area contributed by atoms with Crippen LogP contribution >= 0.6 is 0 Å². The van der Waals surface area contributed by atoms with E-state index in [1.165, 1.54) is 0 Å². The van der Waals surface area contributed by atoms with Gasteiger partial charge in [0.15, 0.2) is 0 Å². The number of hydrogen-bond acceptors (Lipinski definition) is 4. The monoisotopic (exact) mass is 151 g/mol. The Hall–Kier alpha value is -1.78. The number of nitrogens with zero attached hydrogens (tertiary/aromatic N) is 2. The standard InChI is InChI=1S/C5H6N2.CH3N3/c6-5-3-1-2-4-7-5;2-1-4-3/h1-4H,(H2,6,7);1-3H. The molecule has 11 heavy (non-hydrogen) atoms. The molecule has 0 unspecified atom stereocenters. The van der Waals surface area contributed by atoms with Crippen molar-refractivity contribution in [3.8, 4) is 0 Å². The molecule has 0 amide bonds. The molecule has 1 rings (SSSR count). The number of aromatic nitrogens is 1. The molecule has 58 valence electrons. The fraction of sp³-hybridized carbons (Fsp3) is 0. The molecule has 0 atom stereocenters. The lowest BCUT2D eigenvalue weighted by Gasteiger charge is -1.82. The van der Waals surface area contributed by atoms with Crippen LogP contribution in [0.5, 0.6) is 0 Å². The normalized spacial score (nSPS) is 7.27. The summed E-state index contributed by atoms with van der Waals surface area (Å²) in [6.45, 7) is 0. The van der Waals surface area contributed by atoms with Gasteiger partial charge in [-0.1, -0.05) is 6.07 Å². The zero-order chi connectivity index (χ0) is 8.53. The molecule has 0 bridgehead atoms. The number of rotatable bonds is 1. The second-order valence-electron chi connectivity index (χ2n) is 1.51. The quantitative estimate of drug-likeness (QED) is 0.320. The first-order chi connectivity index (χ1) is 5.31. The summed E-state index contributed by atoms with van der Waals surface area (Å²) in [5.41, 5.74) is 11.1. The SMILES string of the molecule is N=CN=N.Nc1ccccn1. The highest BCUT2D eigenvalue weighted by molar-refractivity contribution is 5.48. The second-order valence-corrected chi connectivity index (χ2v) is 1.51. The molecule has 0 radical (unpaired) electrons. The van der Waals surface area contributed by atoms with Gasteiger partial charge < -0.3 is 5.73 Å². The van der Waals surface area contributed by atoms with Gasteiger partial charge in [0.1, 0.15) is 12.2 Å². The molecule has 0 aliphatic rings. The van der Waals surface area contributed by atoms with Crippen LogP contribution in [0.1, 0.15) is 0 Å². The van der Waals surface area contributed by atoms with Crippen LogP contribution in [0.15, 0.2) is 29.5 Å². The average Bonchev–Trinajstić information content (AvgIpc) is 2.07. The van der Waals surface area contributed by atoms with Crippen molar-refractivity contribution in [1.29, 1.82) is 10.9 Å². The summed E-state index contributed by atoms with van der Waals surface area (Å²) in [7, 11) is 0. The Morgan fingerprint density at radius 1 is 1.55 bits per heavy atom. The highest BCUT2D eigenvalue weighted by Crippen LogP contribution is 1.89. The van der Waals surface area contributed by atoms with Crippen LogP contribution in [0.25, 0.3) is 0 Å². The predicted octanol–water partition coefficient (Wildman–Crippen LogP) is 1.29. The van der Waals surface area contributed by atoms with Gasteiger partial charge in [-0.25, -0.2) is 10.5 Å². The van der Waals surface area contributed by atoms with E-state index < -0.39 is 0 Å². The van der Waals surface area contributed by atoms with Crippen molar-refractivity contribution in [1.82, 2.24) is 4.98 Å². The third kappa shape index (κ3) is 6.10. The highest BCUT2D eigenvalue weighted by atomic mass is 15.0. The van der Waals surface area contributed by atoms with E-state index in [2.05, 4.69) is 10.1 Å². The summed E-state index contributed by atoms with van der Waals surface area (Å²) < 4.78 is 0. The first-order valence-corrected chi connectivity index (χ1v) is 2.83. The van der Waals surface area contributed by atoms with E-state index in [1.54, 1.807) is 12.3 Å². The zero-order valence-corrected chi connectivity index (χ0v) is 5.86. The Balaban J connectivity index is 0.000000218. The Labute approximate surface area is 64.3 Å². The van der Waals surface area contributed by atoms with Crippen molar-refractivity contribution >= 4 is 12.2 Å². The van der Waals surface area contributed by atoms with Crippen LogP contribution in [-0.4, -0.2) is 11.3 Å². The fourth-order valence-electron chi connectivity index (χ4n) is 0.376. The van der Waals surface area contributed by atoms with Crippen molar-refractivity contribution < 1.29 is 0 Å². The molecule has 4 N–H and O–H groups in total. The second kappa shape index (κ2) is 6.34. The van der Waals surface area contributed by atoms with Gasteiger partial charge in [-0.3, -0.25) is 5.41 Å². The average molecular weight is 151 g/mol. The lowest BCUT2D eigenvalue weighted by molar-refractivity contribution is 1.20. The smallest absolute Gasteiger partial charge is 0.129 e. The molecular weight excluding hydrogens is 142 g/mol. The van der Waals surface area contributed by atoms with Crippen molar-refractivity contribution in [3.05, 3.63) is 24.4 Å². The summed E-state index contributed by atoms with van der Waals surface area (Å²) in [5.74, 6) is 0.572. The molecule has 0 fully saturated rings. The number of anilines is 1. The van der Waals surface area contributed by atoms with Crippen LogP contribution in [-0.2, 0) is 0 Å². The minimum absolute atomic E-state index is 0.572. The third-order valence-electron chi connectivity index (χ3n) is 0.752. The lowest BCUT2D eigenvalue weighted by Crippen LogP contribution is -1.85. The third-order valence-corrected chi connectivity index (χ3v) is 0.752. The molecule has 5 nitrogen and oxygen atoms in total. The van der Waals surface area contributed by atoms with Gasteiger partial charge in [0.05, 0.1) is 0 Å². The fourth-order valence-corrected chi connectivity index (χ4v) is 0.376. The number of pyridine rings is 1. The van der Waals surface area contributed by atoms with Gasteiger partial charge in [0.2, 0.25) is 0 Å². The van der Waals surface area contributed by atoms with Gasteiger partial charge in [0.25, 0.3) is 0 Å². The first-order valence-electron chi connectivity index (χ1n) is 2.83. The minimum Gasteiger partial charge on any atom is -0.384 e. The number of nitrogen functional groups attached to an aromatic ring is 1. The molecule has 0 aromatic carbocycles. The summed E-state index contributed by atoms with van der Waals surface area (Å²) in [6.07, 6.45) is 2.33. The van der Waals surface area contributed by atoms with E-state index in [1.807, 2.05) is 12.1 Å². The van der Waals surface area contributed by atoms with E-state index in [-0.39, 0.29) is 0 Å². The van der Waals surface area contributed by atoms with Gasteiger partial charge in [-0.05, 0) is 12.1 Å². The van der Waals surface area contributed by atoms with Crippen molar-refractivity contribution in [2.24, 2.45) is 5.11 Å². The van der Waals surface area contributed by atoms with Crippen LogP contribution in [0.4, 0.5) is 5.82 Å². The molecule has 0 spiro atoms. The van der Waals surface area contributed by atoms with E-state index in [0.717, 1.165) is 0 Å². The Morgan fingerprint density at radius 2 is 2.18 bits per heavy atom. The molecular formula is C6H9N5. The predicted molar refractivity (Wildman–Crippen MR) is 42.6 cm³/mol. The van der Waals surface area contributed by atoms with Crippen molar-refractivity contribution in [3.63, 3.8) is 0 Å². The van der Waals surface area contributed by atoms with E-state index in [4.69, 9.17) is 16.7 Å². The molecule has 0 saturated carbocycles. The molecule has 5 heteroatoms. The summed E-state index contributed by atoms with van der Waals surface area (Å²) >= 11 is 0. The van der Waals surface area contributed by atoms with Crippen LogP contribution in [0.2, 0.25) is 0 Å². The number of nitrogens with two attached hydrogens (primary N) is 1. The first kappa shape index (κ1) is 9.22. The van der Waals surface area contributed by atoms with Crippen molar-refractivity contribution in [2.75, 3.05) is 5.73 Å². The maximum Gasteiger partial charge on any atom is 0.129 e. The van der Waals surface area contributed by atoms with Gasteiger partial charge in [0, 0.05) is 6.20 Å². The van der Waals surface area contributed by atoms with Gasteiger partial charge in [-0.15, -0.1) is 5.11 Å². The summed E-state index contributed by atoms with van der Waals surface area (Å²) in [5, 5.41) is 8.50. The topological polar surface area (TPSA) is 99.0 Å². The molecule has 1 aromatic heterocycles. The molecule has 1 heterocycles. The molecule has 0 saturated heterocycles. The minimum atomic E-state index is 0.572. The van der Waals surface area contributed by atoms with Gasteiger partial charge in [-0.2, -0.15) is 0 Å². The maximum absolute atomic E-state index is 5.97. The zero-order valence-electron chi connectivity index (χ0n) is 5.86. The summed E-state index contributed by atoms with van der Waals surface area (Å²) in [6, 6.07) is 5.43. The van der Waals surface area contributed by atoms with Gasteiger partial charge >= 0.3 is 0 Å². The molecule has 1 aromatic rings.